The van der Waals surface area contributed by atoms with Gasteiger partial charge in [0.1, 0.15) is 4.90 Å². The van der Waals surface area contributed by atoms with Gasteiger partial charge in [-0.3, -0.25) is 4.79 Å². The van der Waals surface area contributed by atoms with Crippen molar-refractivity contribution in [2.45, 2.75) is 29.9 Å². The minimum atomic E-state index is -4.14. The number of benzene rings is 2. The van der Waals surface area contributed by atoms with Gasteiger partial charge in [0.25, 0.3) is 0 Å². The van der Waals surface area contributed by atoms with E-state index in [0.717, 1.165) is 12.8 Å². The van der Waals surface area contributed by atoms with Crippen LogP contribution in [0.25, 0.3) is 0 Å². The molecule has 11 heteroatoms. The fraction of sp³-hybridized carbons (Fsp3) is 0.211. The summed E-state index contributed by atoms with van der Waals surface area (Å²) in [5, 5.41) is 11.2. The summed E-state index contributed by atoms with van der Waals surface area (Å²) in [6, 6.07) is 10.4. The first-order chi connectivity index (χ1) is 14.3. The molecular weight excluding hydrogens is 469 g/mol. The van der Waals surface area contributed by atoms with E-state index in [2.05, 4.69) is 15.5 Å². The van der Waals surface area contributed by atoms with Crippen molar-refractivity contribution in [3.05, 3.63) is 58.1 Å². The zero-order valence-electron chi connectivity index (χ0n) is 15.7. The normalized spacial score (nSPS) is 18.2. The predicted octanol–water partition coefficient (Wildman–Crippen LogP) is 4.48. The maximum absolute atomic E-state index is 12.6. The van der Waals surface area contributed by atoms with Gasteiger partial charge in [-0.1, -0.05) is 60.4 Å². The highest BCUT2D eigenvalue weighted by Crippen LogP contribution is 2.28. The van der Waals surface area contributed by atoms with Crippen LogP contribution in [0, 0.1) is 0 Å². The molecule has 1 amide bonds. The molecule has 0 radical (unpaired) electrons. The molecule has 7 nitrogen and oxygen atoms in total. The quantitative estimate of drug-likeness (QED) is 0.354. The molecule has 0 spiro atoms. The maximum atomic E-state index is 12.6. The third kappa shape index (κ3) is 5.54. The number of hydrogen-bond donors (Lipinski definition) is 1. The van der Waals surface area contributed by atoms with E-state index in [9.17, 15) is 13.2 Å². The third-order valence-electron chi connectivity index (χ3n) is 3.97. The Labute approximate surface area is 188 Å². The zero-order chi connectivity index (χ0) is 21.7. The van der Waals surface area contributed by atoms with Gasteiger partial charge in [0.15, 0.2) is 10.9 Å². The summed E-state index contributed by atoms with van der Waals surface area (Å²) in [5.74, 6) is -0.0215. The molecule has 2 aromatic carbocycles. The van der Waals surface area contributed by atoms with E-state index in [4.69, 9.17) is 27.4 Å². The average molecular weight is 486 g/mol. The van der Waals surface area contributed by atoms with Crippen molar-refractivity contribution in [1.29, 1.82) is 0 Å². The number of amides is 1. The van der Waals surface area contributed by atoms with E-state index in [0.29, 0.717) is 10.7 Å². The molecule has 1 heterocycles. The number of thioether (sulfide) groups is 1. The minimum Gasteiger partial charge on any atom is -0.378 e. The SMILES string of the molecule is CCCC1S/C(=N\N=C\c2ccccc2OS(=O)(=O)c2ccc(Cl)c(Cl)c2)NC1=O. The number of rotatable bonds is 7. The van der Waals surface area contributed by atoms with Gasteiger partial charge >= 0.3 is 10.1 Å². The van der Waals surface area contributed by atoms with E-state index < -0.39 is 10.1 Å². The van der Waals surface area contributed by atoms with Gasteiger partial charge in [-0.15, -0.1) is 5.10 Å². The third-order valence-corrected chi connectivity index (χ3v) is 7.08. The summed E-state index contributed by atoms with van der Waals surface area (Å²) >= 11 is 13.1. The molecule has 1 N–H and O–H groups in total. The number of para-hydroxylation sites is 1. The van der Waals surface area contributed by atoms with Gasteiger partial charge in [-0.25, -0.2) is 0 Å². The van der Waals surface area contributed by atoms with Gasteiger partial charge in [0.05, 0.1) is 21.5 Å². The number of hydrogen-bond acceptors (Lipinski definition) is 7. The van der Waals surface area contributed by atoms with Crippen molar-refractivity contribution in [3.8, 4) is 5.75 Å². The van der Waals surface area contributed by atoms with Gasteiger partial charge < -0.3 is 9.50 Å². The van der Waals surface area contributed by atoms with Crippen LogP contribution in [0.2, 0.25) is 10.0 Å². The number of amidine groups is 1. The molecule has 0 bridgehead atoms. The molecular formula is C19H17Cl2N3O4S2. The summed E-state index contributed by atoms with van der Waals surface area (Å²) in [6.45, 7) is 2.00. The number of halogens is 2. The molecule has 1 atom stereocenters. The second-order valence-corrected chi connectivity index (χ2v) is 9.74. The van der Waals surface area contributed by atoms with E-state index in [1.807, 2.05) is 6.92 Å². The summed E-state index contributed by atoms with van der Waals surface area (Å²) in [5.41, 5.74) is 0.393. The Morgan fingerprint density at radius 3 is 2.70 bits per heavy atom. The van der Waals surface area contributed by atoms with Crippen LogP contribution < -0.4 is 9.50 Å². The van der Waals surface area contributed by atoms with Crippen LogP contribution >= 0.6 is 35.0 Å². The molecule has 0 aromatic heterocycles. The number of carbonyl (C=O) groups is 1. The summed E-state index contributed by atoms with van der Waals surface area (Å²) in [6.07, 6.45) is 2.99. The van der Waals surface area contributed by atoms with Crippen LogP contribution in [0.3, 0.4) is 0 Å². The van der Waals surface area contributed by atoms with Crippen molar-refractivity contribution in [3.63, 3.8) is 0 Å². The Bertz CT molecular complexity index is 1120. The fourth-order valence-corrected chi connectivity index (χ4v) is 4.90. The molecule has 30 heavy (non-hydrogen) atoms. The Hall–Kier alpha value is -2.07. The molecule has 1 aliphatic rings. The van der Waals surface area contributed by atoms with Gasteiger partial charge in [0.2, 0.25) is 5.91 Å². The lowest BCUT2D eigenvalue weighted by Crippen LogP contribution is -2.24. The molecule has 158 valence electrons. The molecule has 2 aromatic rings. The standard InChI is InChI=1S/C19H17Cl2N3O4S2/c1-2-5-17-18(25)23-19(29-17)24-22-11-12-6-3-4-7-16(12)28-30(26,27)13-8-9-14(20)15(21)10-13/h3-4,6-11,17H,2,5H2,1H3,(H,23,24,25)/b22-11+. The fourth-order valence-electron chi connectivity index (χ4n) is 2.51. The van der Waals surface area contributed by atoms with Crippen LogP contribution in [-0.2, 0) is 14.9 Å². The Kier molecular flexibility index (Phi) is 7.41. The predicted molar refractivity (Wildman–Crippen MR) is 120 cm³/mol. The van der Waals surface area contributed by atoms with E-state index in [1.54, 1.807) is 18.2 Å². The number of nitrogens with zero attached hydrogens (tertiary/aromatic N) is 2. The smallest absolute Gasteiger partial charge is 0.339 e. The second-order valence-electron chi connectivity index (χ2n) is 6.19. The monoisotopic (exact) mass is 485 g/mol. The molecule has 1 unspecified atom stereocenters. The maximum Gasteiger partial charge on any atom is 0.339 e. The number of nitrogens with one attached hydrogen (secondary N) is 1. The topological polar surface area (TPSA) is 97.2 Å². The van der Waals surface area contributed by atoms with E-state index >= 15 is 0 Å². The highest BCUT2D eigenvalue weighted by molar-refractivity contribution is 8.15. The van der Waals surface area contributed by atoms with Gasteiger partial charge in [-0.2, -0.15) is 13.5 Å². The highest BCUT2D eigenvalue weighted by Gasteiger charge is 2.29. The van der Waals surface area contributed by atoms with Crippen LogP contribution in [-0.4, -0.2) is 31.0 Å². The highest BCUT2D eigenvalue weighted by atomic mass is 35.5. The minimum absolute atomic E-state index is 0.0690. The Balaban J connectivity index is 1.78. The first-order valence-corrected chi connectivity index (χ1v) is 11.9. The lowest BCUT2D eigenvalue weighted by atomic mass is 10.2. The first kappa shape index (κ1) is 22.6. The van der Waals surface area contributed by atoms with Crippen molar-refractivity contribution < 1.29 is 17.4 Å². The molecule has 1 fully saturated rings. The van der Waals surface area contributed by atoms with Gasteiger partial charge in [0, 0.05) is 5.56 Å². The van der Waals surface area contributed by atoms with Crippen LogP contribution in [0.1, 0.15) is 25.3 Å². The van der Waals surface area contributed by atoms with E-state index in [1.165, 1.54) is 42.2 Å². The largest absolute Gasteiger partial charge is 0.378 e. The van der Waals surface area contributed by atoms with Gasteiger partial charge in [-0.05, 0) is 36.8 Å². The molecule has 1 saturated heterocycles. The van der Waals surface area contributed by atoms with Crippen molar-refractivity contribution in [1.82, 2.24) is 5.32 Å². The van der Waals surface area contributed by atoms with Crippen molar-refractivity contribution >= 4 is 62.4 Å². The average Bonchev–Trinajstić information content (AvgIpc) is 3.04. The molecule has 0 saturated carbocycles. The summed E-state index contributed by atoms with van der Waals surface area (Å²) < 4.78 is 30.4. The lowest BCUT2D eigenvalue weighted by molar-refractivity contribution is -0.118. The molecule has 3 rings (SSSR count). The van der Waals surface area contributed by atoms with Crippen LogP contribution in [0.5, 0.6) is 5.75 Å². The van der Waals surface area contributed by atoms with Crippen molar-refractivity contribution in [2.24, 2.45) is 10.2 Å². The summed E-state index contributed by atoms with van der Waals surface area (Å²) in [4.78, 5) is 11.7. The van der Waals surface area contributed by atoms with E-state index in [-0.39, 0.29) is 31.8 Å². The molecule has 1 aliphatic heterocycles. The van der Waals surface area contributed by atoms with Crippen molar-refractivity contribution in [2.75, 3.05) is 0 Å². The van der Waals surface area contributed by atoms with Crippen LogP contribution in [0.4, 0.5) is 0 Å². The first-order valence-electron chi connectivity index (χ1n) is 8.87. The Morgan fingerprint density at radius 2 is 1.97 bits per heavy atom. The second kappa shape index (κ2) is 9.82. The molecule has 0 aliphatic carbocycles. The Morgan fingerprint density at radius 1 is 1.20 bits per heavy atom. The zero-order valence-corrected chi connectivity index (χ0v) is 18.9. The van der Waals surface area contributed by atoms with Crippen LogP contribution in [0.15, 0.2) is 57.6 Å². The summed E-state index contributed by atoms with van der Waals surface area (Å²) in [7, 11) is -4.14. The number of carbonyl (C=O) groups excluding carboxylic acids is 1. The lowest BCUT2D eigenvalue weighted by Gasteiger charge is -2.09.